The molecule has 0 radical (unpaired) electrons. The van der Waals surface area contributed by atoms with Crippen LogP contribution in [0.5, 0.6) is 0 Å². The monoisotopic (exact) mass is 284 g/mol. The van der Waals surface area contributed by atoms with Crippen molar-refractivity contribution < 1.29 is 4.52 Å². The van der Waals surface area contributed by atoms with Gasteiger partial charge >= 0.3 is 0 Å². The molecule has 0 saturated carbocycles. The van der Waals surface area contributed by atoms with Gasteiger partial charge in [-0.2, -0.15) is 4.98 Å². The molecule has 0 N–H and O–H groups in total. The summed E-state index contributed by atoms with van der Waals surface area (Å²) < 4.78 is 5.39. The van der Waals surface area contributed by atoms with Gasteiger partial charge in [-0.3, -0.25) is 0 Å². The van der Waals surface area contributed by atoms with Crippen molar-refractivity contribution in [3.05, 3.63) is 58.8 Å². The van der Waals surface area contributed by atoms with Crippen molar-refractivity contribution in [1.82, 2.24) is 10.1 Å². The van der Waals surface area contributed by atoms with E-state index in [1.165, 1.54) is 11.1 Å². The van der Waals surface area contributed by atoms with E-state index in [0.29, 0.717) is 11.7 Å². The normalized spacial score (nSPS) is 12.5. The van der Waals surface area contributed by atoms with Crippen LogP contribution in [0, 0.1) is 6.92 Å². The second-order valence-corrected chi connectivity index (χ2v) is 5.97. The van der Waals surface area contributed by atoms with Gasteiger partial charge in [0.25, 0.3) is 0 Å². The van der Waals surface area contributed by atoms with Crippen LogP contribution < -0.4 is 0 Å². The summed E-state index contributed by atoms with van der Waals surface area (Å²) in [5.74, 6) is 1.61. The lowest BCUT2D eigenvalue weighted by Crippen LogP contribution is -1.99. The molecule has 102 valence electrons. The minimum absolute atomic E-state index is 0.221. The Balaban J connectivity index is 1.74. The van der Waals surface area contributed by atoms with Gasteiger partial charge in [-0.1, -0.05) is 48.0 Å². The minimum Gasteiger partial charge on any atom is -0.339 e. The lowest BCUT2D eigenvalue weighted by molar-refractivity contribution is 0.359. The van der Waals surface area contributed by atoms with Crippen LogP contribution in [-0.4, -0.2) is 10.1 Å². The highest BCUT2D eigenvalue weighted by Gasteiger charge is 2.16. The minimum atomic E-state index is 0.221. The molecule has 0 saturated heterocycles. The van der Waals surface area contributed by atoms with Crippen molar-refractivity contribution in [2.24, 2.45) is 0 Å². The maximum absolute atomic E-state index is 5.39. The van der Waals surface area contributed by atoms with Crippen molar-refractivity contribution in [2.45, 2.75) is 26.2 Å². The van der Waals surface area contributed by atoms with Gasteiger partial charge in [0.1, 0.15) is 0 Å². The van der Waals surface area contributed by atoms with E-state index >= 15 is 0 Å². The zero-order chi connectivity index (χ0) is 13.9. The highest BCUT2D eigenvalue weighted by atomic mass is 32.1. The maximum Gasteiger partial charge on any atom is 0.230 e. The third-order valence-electron chi connectivity index (χ3n) is 3.27. The fraction of sp³-hybridized carbons (Fsp3) is 0.250. The molecular formula is C16H16N2OS. The predicted molar refractivity (Wildman–Crippen MR) is 80.9 cm³/mol. The summed E-state index contributed by atoms with van der Waals surface area (Å²) in [7, 11) is 0. The topological polar surface area (TPSA) is 38.9 Å². The molecule has 0 aliphatic heterocycles. The summed E-state index contributed by atoms with van der Waals surface area (Å²) in [6, 6.07) is 12.6. The Bertz CT molecular complexity index is 671. The van der Waals surface area contributed by atoms with Gasteiger partial charge in [0.15, 0.2) is 0 Å². The number of aryl methyl sites for hydroxylation is 1. The summed E-state index contributed by atoms with van der Waals surface area (Å²) in [5.41, 5.74) is 2.57. The molecular weight excluding hydrogens is 268 g/mol. The zero-order valence-electron chi connectivity index (χ0n) is 11.5. The Hall–Kier alpha value is -1.94. The Morgan fingerprint density at radius 3 is 2.70 bits per heavy atom. The first-order valence-electron chi connectivity index (χ1n) is 6.65. The van der Waals surface area contributed by atoms with Gasteiger partial charge < -0.3 is 4.52 Å². The van der Waals surface area contributed by atoms with Crippen LogP contribution in [0.4, 0.5) is 0 Å². The SMILES string of the molecule is Cc1ccc(C[C@@H](C)c2nc(-c3cccs3)no2)cc1. The van der Waals surface area contributed by atoms with Gasteiger partial charge in [0, 0.05) is 5.92 Å². The smallest absolute Gasteiger partial charge is 0.230 e. The highest BCUT2D eigenvalue weighted by molar-refractivity contribution is 7.13. The van der Waals surface area contributed by atoms with Crippen LogP contribution in [0.3, 0.4) is 0 Å². The highest BCUT2D eigenvalue weighted by Crippen LogP contribution is 2.25. The first kappa shape index (κ1) is 13.1. The van der Waals surface area contributed by atoms with Gasteiger partial charge in [0.2, 0.25) is 11.7 Å². The molecule has 0 spiro atoms. The molecule has 3 rings (SSSR count). The standard InChI is InChI=1S/C16H16N2OS/c1-11-5-7-13(8-6-11)10-12(2)16-17-15(18-19-16)14-4-3-9-20-14/h3-9,12H,10H2,1-2H3/t12-/m1/s1. The van der Waals surface area contributed by atoms with E-state index in [4.69, 9.17) is 4.52 Å². The summed E-state index contributed by atoms with van der Waals surface area (Å²) >= 11 is 1.62. The van der Waals surface area contributed by atoms with Crippen molar-refractivity contribution in [3.8, 4) is 10.7 Å². The summed E-state index contributed by atoms with van der Waals surface area (Å²) in [4.78, 5) is 5.54. The Morgan fingerprint density at radius 1 is 1.20 bits per heavy atom. The molecule has 2 aromatic heterocycles. The van der Waals surface area contributed by atoms with Crippen LogP contribution in [0.15, 0.2) is 46.3 Å². The van der Waals surface area contributed by atoms with Crippen molar-refractivity contribution in [1.29, 1.82) is 0 Å². The third kappa shape index (κ3) is 2.80. The molecule has 1 aromatic carbocycles. The summed E-state index contributed by atoms with van der Waals surface area (Å²) in [6.07, 6.45) is 0.909. The molecule has 0 amide bonds. The molecule has 0 bridgehead atoms. The number of hydrogen-bond donors (Lipinski definition) is 0. The molecule has 3 aromatic rings. The molecule has 4 heteroatoms. The predicted octanol–water partition coefficient (Wildman–Crippen LogP) is 4.45. The largest absolute Gasteiger partial charge is 0.339 e. The lowest BCUT2D eigenvalue weighted by Gasteiger charge is -2.06. The number of rotatable bonds is 4. The average molecular weight is 284 g/mol. The third-order valence-corrected chi connectivity index (χ3v) is 4.13. The molecule has 0 aliphatic carbocycles. The molecule has 2 heterocycles. The number of thiophene rings is 1. The first-order chi connectivity index (χ1) is 9.72. The van der Waals surface area contributed by atoms with Gasteiger partial charge in [-0.15, -0.1) is 11.3 Å². The van der Waals surface area contributed by atoms with E-state index in [1.54, 1.807) is 11.3 Å². The number of benzene rings is 1. The molecule has 1 atom stereocenters. The summed E-state index contributed by atoms with van der Waals surface area (Å²) in [5, 5.41) is 6.07. The number of aromatic nitrogens is 2. The van der Waals surface area contributed by atoms with Crippen molar-refractivity contribution >= 4 is 11.3 Å². The van der Waals surface area contributed by atoms with E-state index in [0.717, 1.165) is 11.3 Å². The van der Waals surface area contributed by atoms with Crippen LogP contribution in [0.2, 0.25) is 0 Å². The molecule has 0 aliphatic rings. The van der Waals surface area contributed by atoms with Crippen LogP contribution in [0.25, 0.3) is 10.7 Å². The Kier molecular flexibility index (Phi) is 3.65. The second-order valence-electron chi connectivity index (χ2n) is 5.02. The Labute approximate surface area is 122 Å². The van der Waals surface area contributed by atoms with Crippen LogP contribution in [0.1, 0.15) is 29.9 Å². The van der Waals surface area contributed by atoms with E-state index in [2.05, 4.69) is 48.3 Å². The van der Waals surface area contributed by atoms with E-state index < -0.39 is 0 Å². The molecule has 20 heavy (non-hydrogen) atoms. The van der Waals surface area contributed by atoms with Crippen molar-refractivity contribution in [2.75, 3.05) is 0 Å². The van der Waals surface area contributed by atoms with E-state index in [1.807, 2.05) is 17.5 Å². The number of hydrogen-bond acceptors (Lipinski definition) is 4. The zero-order valence-corrected chi connectivity index (χ0v) is 12.4. The molecule has 3 nitrogen and oxygen atoms in total. The van der Waals surface area contributed by atoms with E-state index in [9.17, 15) is 0 Å². The quantitative estimate of drug-likeness (QED) is 0.710. The average Bonchev–Trinajstić information content (AvgIpc) is 3.11. The van der Waals surface area contributed by atoms with Gasteiger partial charge in [-0.05, 0) is 30.4 Å². The maximum atomic E-state index is 5.39. The summed E-state index contributed by atoms with van der Waals surface area (Å²) in [6.45, 7) is 4.21. The fourth-order valence-electron chi connectivity index (χ4n) is 2.11. The van der Waals surface area contributed by atoms with Gasteiger partial charge in [-0.25, -0.2) is 0 Å². The van der Waals surface area contributed by atoms with E-state index in [-0.39, 0.29) is 5.92 Å². The second kappa shape index (κ2) is 5.59. The van der Waals surface area contributed by atoms with Crippen LogP contribution in [-0.2, 0) is 6.42 Å². The Morgan fingerprint density at radius 2 is 2.00 bits per heavy atom. The van der Waals surface area contributed by atoms with Crippen LogP contribution >= 0.6 is 11.3 Å². The van der Waals surface area contributed by atoms with Gasteiger partial charge in [0.05, 0.1) is 4.88 Å². The van der Waals surface area contributed by atoms with Crippen molar-refractivity contribution in [3.63, 3.8) is 0 Å². The lowest BCUT2D eigenvalue weighted by atomic mass is 10.0. The fourth-order valence-corrected chi connectivity index (χ4v) is 2.76. The number of nitrogens with zero attached hydrogens (tertiary/aromatic N) is 2. The molecule has 0 unspecified atom stereocenters. The first-order valence-corrected chi connectivity index (χ1v) is 7.53. The molecule has 0 fully saturated rings.